The standard InChI is InChI=1S/C41H36/c1-25-22-26(2)39(27(3)23-25)29-16-14-28(15-17-29)31-10-7-8-11-32(31)33-20-21-37-34-19-18-30(41(4,5)6)24-38(34)36-13-9-12-35(33)40(36)37/h7-24H,1-6H3. The van der Waals surface area contributed by atoms with E-state index in [0.29, 0.717) is 0 Å². The van der Waals surface area contributed by atoms with Gasteiger partial charge in [0.1, 0.15) is 0 Å². The SMILES string of the molecule is Cc1cc(C)c(-c2ccc(-c3ccccc3-c3ccc4c5c(cccc35)-c3cc(C(C)(C)C)ccc3-4)cc2)c(C)c1. The minimum atomic E-state index is 0.119. The van der Waals surface area contributed by atoms with Gasteiger partial charge in [-0.15, -0.1) is 0 Å². The third kappa shape index (κ3) is 4.13. The predicted molar refractivity (Wildman–Crippen MR) is 178 cm³/mol. The molecule has 0 saturated heterocycles. The summed E-state index contributed by atoms with van der Waals surface area (Å²) in [6, 6.07) is 41.1. The first kappa shape index (κ1) is 25.5. The second-order valence-electron chi connectivity index (χ2n) is 12.8. The van der Waals surface area contributed by atoms with Gasteiger partial charge in [0.05, 0.1) is 0 Å². The van der Waals surface area contributed by atoms with Crippen molar-refractivity contribution in [2.24, 2.45) is 0 Å². The monoisotopic (exact) mass is 528 g/mol. The first-order valence-electron chi connectivity index (χ1n) is 14.7. The van der Waals surface area contributed by atoms with Gasteiger partial charge >= 0.3 is 0 Å². The molecule has 0 aromatic heterocycles. The highest BCUT2D eigenvalue weighted by molar-refractivity contribution is 6.19. The molecule has 6 aromatic rings. The zero-order valence-electron chi connectivity index (χ0n) is 24.9. The molecule has 6 aromatic carbocycles. The Morgan fingerprint density at radius 3 is 1.71 bits per heavy atom. The van der Waals surface area contributed by atoms with Crippen LogP contribution in [0.1, 0.15) is 43.0 Å². The van der Waals surface area contributed by atoms with Crippen molar-refractivity contribution in [3.05, 3.63) is 131 Å². The zero-order valence-corrected chi connectivity index (χ0v) is 24.9. The fourth-order valence-electron chi connectivity index (χ4n) is 6.98. The lowest BCUT2D eigenvalue weighted by Crippen LogP contribution is -2.10. The molecule has 7 rings (SSSR count). The van der Waals surface area contributed by atoms with Gasteiger partial charge < -0.3 is 0 Å². The smallest absolute Gasteiger partial charge is 0.00201 e. The fourth-order valence-corrected chi connectivity index (χ4v) is 6.98. The number of hydrogen-bond donors (Lipinski definition) is 0. The van der Waals surface area contributed by atoms with Crippen molar-refractivity contribution >= 4 is 10.8 Å². The number of hydrogen-bond acceptors (Lipinski definition) is 0. The lowest BCUT2D eigenvalue weighted by molar-refractivity contribution is 0.590. The summed E-state index contributed by atoms with van der Waals surface area (Å²) >= 11 is 0. The molecule has 0 radical (unpaired) electrons. The Bertz CT molecular complexity index is 1950. The van der Waals surface area contributed by atoms with Crippen LogP contribution in [0.3, 0.4) is 0 Å². The summed E-state index contributed by atoms with van der Waals surface area (Å²) in [5, 5.41) is 2.70. The summed E-state index contributed by atoms with van der Waals surface area (Å²) in [5.41, 5.74) is 18.6. The van der Waals surface area contributed by atoms with E-state index >= 15 is 0 Å². The Kier molecular flexibility index (Phi) is 5.80. The van der Waals surface area contributed by atoms with Crippen LogP contribution in [-0.4, -0.2) is 0 Å². The highest BCUT2D eigenvalue weighted by Crippen LogP contribution is 2.51. The number of fused-ring (bicyclic) bond motifs is 3. The lowest BCUT2D eigenvalue weighted by atomic mass is 9.85. The molecule has 0 spiro atoms. The maximum Gasteiger partial charge on any atom is -0.00201 e. The van der Waals surface area contributed by atoms with Gasteiger partial charge in [-0.1, -0.05) is 129 Å². The van der Waals surface area contributed by atoms with Crippen molar-refractivity contribution in [1.82, 2.24) is 0 Å². The molecular formula is C41H36. The van der Waals surface area contributed by atoms with Gasteiger partial charge in [0.15, 0.2) is 0 Å². The maximum absolute atomic E-state index is 2.41. The molecule has 41 heavy (non-hydrogen) atoms. The number of benzene rings is 6. The summed E-state index contributed by atoms with van der Waals surface area (Å²) in [7, 11) is 0. The Labute approximate surface area is 244 Å². The molecule has 200 valence electrons. The molecule has 0 unspecified atom stereocenters. The summed E-state index contributed by atoms with van der Waals surface area (Å²) in [6.07, 6.45) is 0. The third-order valence-electron chi connectivity index (χ3n) is 8.89. The first-order valence-corrected chi connectivity index (χ1v) is 14.7. The number of aryl methyl sites for hydroxylation is 3. The molecule has 0 aliphatic heterocycles. The number of rotatable bonds is 3. The predicted octanol–water partition coefficient (Wildman–Crippen LogP) is 11.7. The van der Waals surface area contributed by atoms with Crippen molar-refractivity contribution in [3.63, 3.8) is 0 Å². The minimum Gasteiger partial charge on any atom is -0.0616 e. The van der Waals surface area contributed by atoms with Gasteiger partial charge in [0, 0.05) is 0 Å². The van der Waals surface area contributed by atoms with Crippen molar-refractivity contribution in [3.8, 4) is 55.6 Å². The molecule has 0 amide bonds. The molecular weight excluding hydrogens is 492 g/mol. The van der Waals surface area contributed by atoms with Crippen molar-refractivity contribution in [1.29, 1.82) is 0 Å². The van der Waals surface area contributed by atoms with E-state index in [1.54, 1.807) is 0 Å². The summed E-state index contributed by atoms with van der Waals surface area (Å²) in [5.74, 6) is 0. The average molecular weight is 529 g/mol. The molecule has 1 aliphatic rings. The van der Waals surface area contributed by atoms with Crippen LogP contribution in [0, 0.1) is 20.8 Å². The third-order valence-corrected chi connectivity index (χ3v) is 8.89. The van der Waals surface area contributed by atoms with E-state index in [1.165, 1.54) is 88.7 Å². The van der Waals surface area contributed by atoms with E-state index < -0.39 is 0 Å². The van der Waals surface area contributed by atoms with Crippen LogP contribution in [0.5, 0.6) is 0 Å². The molecule has 0 saturated carbocycles. The topological polar surface area (TPSA) is 0 Å². The Hall–Kier alpha value is -4.42. The van der Waals surface area contributed by atoms with E-state index in [9.17, 15) is 0 Å². The van der Waals surface area contributed by atoms with E-state index in [2.05, 4.69) is 151 Å². The molecule has 0 atom stereocenters. The zero-order chi connectivity index (χ0) is 28.5. The van der Waals surface area contributed by atoms with Crippen molar-refractivity contribution < 1.29 is 0 Å². The fraction of sp³-hybridized carbons (Fsp3) is 0.171. The molecule has 0 bridgehead atoms. The summed E-state index contributed by atoms with van der Waals surface area (Å²) in [4.78, 5) is 0. The molecule has 0 fully saturated rings. The van der Waals surface area contributed by atoms with Crippen LogP contribution >= 0.6 is 0 Å². The van der Waals surface area contributed by atoms with Crippen molar-refractivity contribution in [2.75, 3.05) is 0 Å². The maximum atomic E-state index is 2.41. The quantitative estimate of drug-likeness (QED) is 0.214. The molecule has 0 heteroatoms. The second kappa shape index (κ2) is 9.32. The van der Waals surface area contributed by atoms with Crippen LogP contribution in [0.15, 0.2) is 109 Å². The van der Waals surface area contributed by atoms with Crippen molar-refractivity contribution in [2.45, 2.75) is 47.0 Å². The van der Waals surface area contributed by atoms with Crippen LogP contribution in [0.4, 0.5) is 0 Å². The van der Waals surface area contributed by atoms with Gasteiger partial charge in [-0.05, 0) is 115 Å². The minimum absolute atomic E-state index is 0.119. The van der Waals surface area contributed by atoms with Crippen LogP contribution < -0.4 is 0 Å². The molecule has 0 nitrogen and oxygen atoms in total. The first-order chi connectivity index (χ1) is 19.7. The largest absolute Gasteiger partial charge is 0.0616 e. The summed E-state index contributed by atoms with van der Waals surface area (Å²) < 4.78 is 0. The Morgan fingerprint density at radius 1 is 0.439 bits per heavy atom. The van der Waals surface area contributed by atoms with Gasteiger partial charge in [0.2, 0.25) is 0 Å². The van der Waals surface area contributed by atoms with E-state index in [1.807, 2.05) is 0 Å². The van der Waals surface area contributed by atoms with Crippen LogP contribution in [0.2, 0.25) is 0 Å². The molecule has 0 N–H and O–H groups in total. The highest BCUT2D eigenvalue weighted by Gasteiger charge is 2.25. The Morgan fingerprint density at radius 2 is 1.00 bits per heavy atom. The van der Waals surface area contributed by atoms with Gasteiger partial charge in [-0.2, -0.15) is 0 Å². The summed E-state index contributed by atoms with van der Waals surface area (Å²) in [6.45, 7) is 13.5. The molecule has 1 aliphatic carbocycles. The van der Waals surface area contributed by atoms with Gasteiger partial charge in [0.25, 0.3) is 0 Å². The van der Waals surface area contributed by atoms with E-state index in [4.69, 9.17) is 0 Å². The van der Waals surface area contributed by atoms with Gasteiger partial charge in [-0.3, -0.25) is 0 Å². The lowest BCUT2D eigenvalue weighted by Gasteiger charge is -2.20. The highest BCUT2D eigenvalue weighted by atomic mass is 14.3. The Balaban J connectivity index is 1.35. The second-order valence-corrected chi connectivity index (χ2v) is 12.8. The van der Waals surface area contributed by atoms with E-state index in [0.717, 1.165) is 0 Å². The normalized spacial score (nSPS) is 12.1. The van der Waals surface area contributed by atoms with Gasteiger partial charge in [-0.25, -0.2) is 0 Å². The van der Waals surface area contributed by atoms with E-state index in [-0.39, 0.29) is 5.41 Å². The van der Waals surface area contributed by atoms with Crippen LogP contribution in [0.25, 0.3) is 66.4 Å². The molecule has 0 heterocycles. The van der Waals surface area contributed by atoms with Crippen LogP contribution in [-0.2, 0) is 5.41 Å². The average Bonchev–Trinajstić information content (AvgIpc) is 3.27.